The number of carbonyl (C=O) groups excluding carboxylic acids is 1. The molecule has 0 aromatic heterocycles. The lowest BCUT2D eigenvalue weighted by Crippen LogP contribution is -2.45. The molecule has 0 radical (unpaired) electrons. The average Bonchev–Trinajstić information content (AvgIpc) is 3.07. The molecule has 1 amide bonds. The van der Waals surface area contributed by atoms with Crippen LogP contribution in [0.15, 0.2) is 27.9 Å². The number of benzene rings is 1. The van der Waals surface area contributed by atoms with Crippen molar-refractivity contribution in [2.24, 2.45) is 27.0 Å². The van der Waals surface area contributed by atoms with Crippen LogP contribution in [0, 0.1) is 22.2 Å². The second kappa shape index (κ2) is 9.25. The fourth-order valence-corrected chi connectivity index (χ4v) is 6.47. The molecule has 1 aromatic carbocycles. The summed E-state index contributed by atoms with van der Waals surface area (Å²) in [7, 11) is 0. The number of fused-ring (bicyclic) bond motifs is 5. The number of aromatic hydroxyl groups is 1. The SMILES string of the molecule is CC(C)(CNC(=O)CON=C1C[C@@H]2[C@H](CC[C@]3(C)[C@@H](O)CC[C@@H]23)c2ccc(O)cc21)SN=O. The summed E-state index contributed by atoms with van der Waals surface area (Å²) in [6.45, 7) is 5.90. The van der Waals surface area contributed by atoms with Gasteiger partial charge in [-0.15, -0.1) is 4.91 Å². The Morgan fingerprint density at radius 3 is 2.88 bits per heavy atom. The van der Waals surface area contributed by atoms with Crippen LogP contribution >= 0.6 is 11.9 Å². The number of nitroso groups, excluding NO2 is 1. The Labute approximate surface area is 198 Å². The second-order valence-electron chi connectivity index (χ2n) is 10.5. The lowest BCUT2D eigenvalue weighted by molar-refractivity contribution is -0.125. The van der Waals surface area contributed by atoms with Crippen LogP contribution in [0.25, 0.3) is 0 Å². The first-order chi connectivity index (χ1) is 15.6. The number of carbonyl (C=O) groups is 1. The first kappa shape index (κ1) is 24.0. The molecule has 0 bridgehead atoms. The molecule has 3 aliphatic rings. The molecule has 2 saturated carbocycles. The van der Waals surface area contributed by atoms with Gasteiger partial charge < -0.3 is 20.4 Å². The molecule has 3 aliphatic carbocycles. The molecule has 1 aromatic rings. The van der Waals surface area contributed by atoms with Crippen molar-refractivity contribution < 1.29 is 19.8 Å². The van der Waals surface area contributed by atoms with E-state index >= 15 is 0 Å². The minimum absolute atomic E-state index is 0.0668. The Balaban J connectivity index is 1.49. The van der Waals surface area contributed by atoms with Crippen molar-refractivity contribution in [2.75, 3.05) is 13.2 Å². The van der Waals surface area contributed by atoms with Crippen LogP contribution in [0.5, 0.6) is 5.75 Å². The molecule has 2 fully saturated rings. The van der Waals surface area contributed by atoms with Crippen molar-refractivity contribution in [1.82, 2.24) is 5.32 Å². The zero-order valence-electron chi connectivity index (χ0n) is 19.4. The highest BCUT2D eigenvalue weighted by atomic mass is 32.2. The average molecular weight is 476 g/mol. The number of amides is 1. The monoisotopic (exact) mass is 475 g/mol. The number of hydrogen-bond donors (Lipinski definition) is 3. The third kappa shape index (κ3) is 4.75. The highest BCUT2D eigenvalue weighted by molar-refractivity contribution is 7.99. The maximum atomic E-state index is 12.2. The number of rotatable bonds is 7. The first-order valence-corrected chi connectivity index (χ1v) is 12.4. The van der Waals surface area contributed by atoms with Crippen LogP contribution in [0.4, 0.5) is 0 Å². The van der Waals surface area contributed by atoms with Crippen molar-refractivity contribution in [3.05, 3.63) is 34.2 Å². The molecular formula is C24H33N3O5S. The van der Waals surface area contributed by atoms with Gasteiger partial charge >= 0.3 is 0 Å². The molecule has 180 valence electrons. The number of nitrogens with one attached hydrogen (secondary N) is 1. The summed E-state index contributed by atoms with van der Waals surface area (Å²) in [4.78, 5) is 28.1. The topological polar surface area (TPSA) is 121 Å². The Morgan fingerprint density at radius 2 is 2.12 bits per heavy atom. The fourth-order valence-electron chi connectivity index (χ4n) is 6.13. The van der Waals surface area contributed by atoms with E-state index in [4.69, 9.17) is 4.84 Å². The van der Waals surface area contributed by atoms with E-state index in [1.165, 1.54) is 5.56 Å². The molecule has 0 saturated heterocycles. The van der Waals surface area contributed by atoms with E-state index in [1.807, 2.05) is 19.9 Å². The van der Waals surface area contributed by atoms with E-state index in [1.54, 1.807) is 12.1 Å². The first-order valence-electron chi connectivity index (χ1n) is 11.6. The summed E-state index contributed by atoms with van der Waals surface area (Å²) in [5.74, 6) is 0.985. The van der Waals surface area contributed by atoms with Crippen LogP contribution in [-0.2, 0) is 9.63 Å². The highest BCUT2D eigenvalue weighted by Crippen LogP contribution is 2.61. The standard InChI is InChI=1S/C24H33N3O5S/c1-23(2,33-27-31)13-25-22(30)12-32-26-20-11-17-16(15-5-4-14(28)10-18(15)20)8-9-24(3)19(17)6-7-21(24)29/h4-5,10,16-17,19,21,28-29H,6-9,11-13H2,1-3H3,(H,25,30)/t16-,17-,19+,21+,24+/m1/s1. The van der Waals surface area contributed by atoms with Crippen molar-refractivity contribution in [1.29, 1.82) is 0 Å². The molecule has 9 heteroatoms. The molecule has 0 heterocycles. The summed E-state index contributed by atoms with van der Waals surface area (Å²) in [5, 5.41) is 27.8. The predicted octanol–water partition coefficient (Wildman–Crippen LogP) is 4.10. The Bertz CT molecular complexity index is 952. The van der Waals surface area contributed by atoms with E-state index in [0.29, 0.717) is 24.2 Å². The second-order valence-corrected chi connectivity index (χ2v) is 11.9. The Morgan fingerprint density at radius 1 is 1.33 bits per heavy atom. The van der Waals surface area contributed by atoms with Crippen LogP contribution in [0.3, 0.4) is 0 Å². The molecule has 8 nitrogen and oxygen atoms in total. The number of aliphatic hydroxyl groups excluding tert-OH is 1. The summed E-state index contributed by atoms with van der Waals surface area (Å²) >= 11 is 0.878. The Kier molecular flexibility index (Phi) is 6.73. The van der Waals surface area contributed by atoms with E-state index < -0.39 is 4.75 Å². The van der Waals surface area contributed by atoms with Crippen LogP contribution in [0.2, 0.25) is 0 Å². The minimum atomic E-state index is -0.502. The predicted molar refractivity (Wildman–Crippen MR) is 128 cm³/mol. The summed E-state index contributed by atoms with van der Waals surface area (Å²) < 4.78 is 2.33. The summed E-state index contributed by atoms with van der Waals surface area (Å²) in [6, 6.07) is 5.44. The van der Waals surface area contributed by atoms with Gasteiger partial charge in [-0.05, 0) is 86.8 Å². The van der Waals surface area contributed by atoms with E-state index in [9.17, 15) is 19.9 Å². The Hall–Kier alpha value is -2.13. The van der Waals surface area contributed by atoms with Gasteiger partial charge in [-0.1, -0.05) is 18.1 Å². The van der Waals surface area contributed by atoms with Gasteiger partial charge in [0.2, 0.25) is 0 Å². The highest BCUT2D eigenvalue weighted by Gasteiger charge is 2.55. The number of phenols is 1. The molecule has 0 spiro atoms. The molecule has 3 N–H and O–H groups in total. The molecular weight excluding hydrogens is 442 g/mol. The molecule has 33 heavy (non-hydrogen) atoms. The van der Waals surface area contributed by atoms with E-state index in [-0.39, 0.29) is 36.3 Å². The van der Waals surface area contributed by atoms with E-state index in [2.05, 4.69) is 22.0 Å². The maximum absolute atomic E-state index is 12.2. The number of aliphatic hydroxyl groups is 1. The largest absolute Gasteiger partial charge is 0.508 e. The van der Waals surface area contributed by atoms with Gasteiger partial charge in [0.25, 0.3) is 5.91 Å². The van der Waals surface area contributed by atoms with Crippen molar-refractivity contribution >= 4 is 23.6 Å². The lowest BCUT2D eigenvalue weighted by Gasteiger charge is -2.50. The third-order valence-corrected chi connectivity index (χ3v) is 8.64. The fraction of sp³-hybridized carbons (Fsp3) is 0.667. The third-order valence-electron chi connectivity index (χ3n) is 7.93. The smallest absolute Gasteiger partial charge is 0.260 e. The maximum Gasteiger partial charge on any atom is 0.260 e. The van der Waals surface area contributed by atoms with Crippen LogP contribution in [-0.4, -0.2) is 45.8 Å². The summed E-state index contributed by atoms with van der Waals surface area (Å²) in [6.07, 6.45) is 4.28. The number of phenolic OH excluding ortho intramolecular Hbond substituents is 1. The van der Waals surface area contributed by atoms with Gasteiger partial charge in [0, 0.05) is 28.6 Å². The van der Waals surface area contributed by atoms with Gasteiger partial charge in [-0.3, -0.25) is 4.79 Å². The van der Waals surface area contributed by atoms with Crippen LogP contribution < -0.4 is 5.32 Å². The zero-order chi connectivity index (χ0) is 23.8. The normalized spacial score (nSPS) is 31.9. The van der Waals surface area contributed by atoms with Gasteiger partial charge in [-0.2, -0.15) is 0 Å². The zero-order valence-corrected chi connectivity index (χ0v) is 20.2. The molecule has 5 atom stereocenters. The number of hydrogen-bond acceptors (Lipinski definition) is 8. The number of oxime groups is 1. The molecule has 0 aliphatic heterocycles. The van der Waals surface area contributed by atoms with Gasteiger partial charge in [0.05, 0.1) is 16.6 Å². The minimum Gasteiger partial charge on any atom is -0.508 e. The van der Waals surface area contributed by atoms with Gasteiger partial charge in [0.1, 0.15) is 5.75 Å². The van der Waals surface area contributed by atoms with Crippen LogP contribution in [0.1, 0.15) is 69.9 Å². The quantitative estimate of drug-likeness (QED) is 0.310. The summed E-state index contributed by atoms with van der Waals surface area (Å²) in [5.41, 5.74) is 2.72. The van der Waals surface area contributed by atoms with E-state index in [0.717, 1.165) is 48.9 Å². The van der Waals surface area contributed by atoms with Gasteiger partial charge in [0.15, 0.2) is 6.61 Å². The lowest BCUT2D eigenvalue weighted by atomic mass is 9.55. The number of nitrogens with zero attached hydrogens (tertiary/aromatic N) is 2. The molecule has 0 unspecified atom stereocenters. The van der Waals surface area contributed by atoms with Crippen molar-refractivity contribution in [3.63, 3.8) is 0 Å². The van der Waals surface area contributed by atoms with Gasteiger partial charge in [-0.25, -0.2) is 0 Å². The molecule has 4 rings (SSSR count). The van der Waals surface area contributed by atoms with Crippen molar-refractivity contribution in [3.8, 4) is 5.75 Å². The van der Waals surface area contributed by atoms with Crippen molar-refractivity contribution in [2.45, 2.75) is 69.6 Å².